The van der Waals surface area contributed by atoms with Gasteiger partial charge in [-0.2, -0.15) is 0 Å². The van der Waals surface area contributed by atoms with Gasteiger partial charge < -0.3 is 15.2 Å². The smallest absolute Gasteiger partial charge is 0.0829 e. The predicted molar refractivity (Wildman–Crippen MR) is 37.6 cm³/mol. The Hall–Kier alpha value is -0.120. The highest BCUT2D eigenvalue weighted by Gasteiger charge is 2.24. The fourth-order valence-corrected chi connectivity index (χ4v) is 1.31. The molecule has 3 N–H and O–H groups in total. The molecule has 1 aliphatic heterocycles. The highest BCUT2D eigenvalue weighted by Crippen LogP contribution is 2.11. The first-order chi connectivity index (χ1) is 4.84. The predicted octanol–water partition coefficient (Wildman–Crippen LogP) is -1.42. The van der Waals surface area contributed by atoms with E-state index in [9.17, 15) is 5.11 Å². The third-order valence-corrected chi connectivity index (χ3v) is 1.97. The summed E-state index contributed by atoms with van der Waals surface area (Å²) in [7, 11) is 2.02. The van der Waals surface area contributed by atoms with Crippen molar-refractivity contribution in [3.8, 4) is 0 Å². The maximum Gasteiger partial charge on any atom is 0.0829 e. The van der Waals surface area contributed by atoms with Gasteiger partial charge in [-0.15, -0.1) is 0 Å². The van der Waals surface area contributed by atoms with E-state index < -0.39 is 0 Å². The van der Waals surface area contributed by atoms with Crippen LogP contribution in [0.15, 0.2) is 0 Å². The second kappa shape index (κ2) is 3.91. The Balaban J connectivity index is 2.25. The molecule has 2 unspecified atom stereocenters. The molecular formula is C7H16NO2+. The minimum absolute atomic E-state index is 0.134. The molecule has 1 saturated heterocycles. The molecule has 3 nitrogen and oxygen atoms in total. The van der Waals surface area contributed by atoms with Crippen molar-refractivity contribution in [1.29, 1.82) is 0 Å². The lowest BCUT2D eigenvalue weighted by molar-refractivity contribution is -0.635. The van der Waals surface area contributed by atoms with E-state index in [-0.39, 0.29) is 6.10 Å². The Morgan fingerprint density at radius 1 is 1.70 bits per heavy atom. The van der Waals surface area contributed by atoms with Gasteiger partial charge in [-0.25, -0.2) is 0 Å². The van der Waals surface area contributed by atoms with E-state index >= 15 is 0 Å². The number of quaternary nitrogens is 1. The summed E-state index contributed by atoms with van der Waals surface area (Å²) in [5, 5.41) is 11.5. The van der Waals surface area contributed by atoms with Gasteiger partial charge in [0.2, 0.25) is 0 Å². The zero-order valence-electron chi connectivity index (χ0n) is 6.42. The van der Waals surface area contributed by atoms with Gasteiger partial charge in [0.1, 0.15) is 0 Å². The van der Waals surface area contributed by atoms with Crippen LogP contribution < -0.4 is 5.32 Å². The third-order valence-electron chi connectivity index (χ3n) is 1.97. The minimum atomic E-state index is -0.134. The Morgan fingerprint density at radius 2 is 2.50 bits per heavy atom. The zero-order valence-corrected chi connectivity index (χ0v) is 6.42. The van der Waals surface area contributed by atoms with Crippen molar-refractivity contribution < 1.29 is 15.2 Å². The topological polar surface area (TPSA) is 46.1 Å². The summed E-state index contributed by atoms with van der Waals surface area (Å²) in [5.74, 6) is 0.346. The molecule has 0 saturated carbocycles. The Labute approximate surface area is 61.4 Å². The van der Waals surface area contributed by atoms with E-state index in [0.717, 1.165) is 26.2 Å². The molecule has 1 heterocycles. The fourth-order valence-electron chi connectivity index (χ4n) is 1.31. The van der Waals surface area contributed by atoms with Gasteiger partial charge in [0.15, 0.2) is 0 Å². The van der Waals surface area contributed by atoms with Crippen molar-refractivity contribution in [2.24, 2.45) is 5.92 Å². The monoisotopic (exact) mass is 146 g/mol. The molecular weight excluding hydrogens is 130 g/mol. The Kier molecular flexibility index (Phi) is 3.12. The molecule has 2 atom stereocenters. The van der Waals surface area contributed by atoms with Gasteiger partial charge in [-0.3, -0.25) is 0 Å². The summed E-state index contributed by atoms with van der Waals surface area (Å²) in [5.41, 5.74) is 0. The average Bonchev–Trinajstić information content (AvgIpc) is 1.94. The second-order valence-electron chi connectivity index (χ2n) is 2.83. The van der Waals surface area contributed by atoms with Crippen molar-refractivity contribution in [3.05, 3.63) is 0 Å². The molecule has 60 valence electrons. The van der Waals surface area contributed by atoms with Gasteiger partial charge in [0.05, 0.1) is 32.2 Å². The van der Waals surface area contributed by atoms with Crippen LogP contribution >= 0.6 is 0 Å². The quantitative estimate of drug-likeness (QED) is 0.502. The van der Waals surface area contributed by atoms with Crippen molar-refractivity contribution >= 4 is 0 Å². The third kappa shape index (κ3) is 1.94. The van der Waals surface area contributed by atoms with Crippen LogP contribution in [-0.2, 0) is 4.74 Å². The van der Waals surface area contributed by atoms with E-state index in [0.29, 0.717) is 5.92 Å². The number of hydrogen-bond donors (Lipinski definition) is 2. The van der Waals surface area contributed by atoms with Crippen LogP contribution in [0.4, 0.5) is 0 Å². The van der Waals surface area contributed by atoms with Crippen LogP contribution in [0.2, 0.25) is 0 Å². The summed E-state index contributed by atoms with van der Waals surface area (Å²) < 4.78 is 5.23. The summed E-state index contributed by atoms with van der Waals surface area (Å²) in [6.07, 6.45) is 0.670. The van der Waals surface area contributed by atoms with E-state index in [1.807, 2.05) is 7.05 Å². The normalized spacial score (nSPS) is 34.2. The van der Waals surface area contributed by atoms with Gasteiger partial charge in [-0.05, 0) is 6.42 Å². The van der Waals surface area contributed by atoms with Crippen LogP contribution in [0, 0.1) is 5.92 Å². The molecule has 0 aromatic rings. The lowest BCUT2D eigenvalue weighted by Crippen LogP contribution is -2.82. The van der Waals surface area contributed by atoms with E-state index in [2.05, 4.69) is 5.32 Å². The highest BCUT2D eigenvalue weighted by molar-refractivity contribution is 4.70. The highest BCUT2D eigenvalue weighted by atomic mass is 16.5. The number of hydrogen-bond acceptors (Lipinski definition) is 2. The standard InChI is InChI=1S/C7H15NO2/c1-8-4-6-5-10-3-2-7(6)9/h6-9H,2-5H2,1H3/p+1. The van der Waals surface area contributed by atoms with E-state index in [1.165, 1.54) is 0 Å². The zero-order chi connectivity index (χ0) is 7.40. The van der Waals surface area contributed by atoms with E-state index in [4.69, 9.17) is 4.74 Å². The van der Waals surface area contributed by atoms with Crippen LogP contribution in [-0.4, -0.2) is 38.0 Å². The van der Waals surface area contributed by atoms with Gasteiger partial charge >= 0.3 is 0 Å². The van der Waals surface area contributed by atoms with Gasteiger partial charge in [-0.1, -0.05) is 0 Å². The first-order valence-corrected chi connectivity index (χ1v) is 3.88. The Morgan fingerprint density at radius 3 is 3.10 bits per heavy atom. The Bertz CT molecular complexity index is 95.6. The number of aliphatic hydroxyl groups excluding tert-OH is 1. The summed E-state index contributed by atoms with van der Waals surface area (Å²) in [6.45, 7) is 2.42. The summed E-state index contributed by atoms with van der Waals surface area (Å²) >= 11 is 0. The lowest BCUT2D eigenvalue weighted by atomic mass is 9.99. The molecule has 0 aromatic carbocycles. The van der Waals surface area contributed by atoms with Crippen molar-refractivity contribution in [2.45, 2.75) is 12.5 Å². The van der Waals surface area contributed by atoms with E-state index in [1.54, 1.807) is 0 Å². The number of aliphatic hydroxyl groups is 1. The second-order valence-corrected chi connectivity index (χ2v) is 2.83. The molecule has 3 heteroatoms. The van der Waals surface area contributed by atoms with Crippen molar-refractivity contribution in [2.75, 3.05) is 26.8 Å². The molecule has 0 spiro atoms. The van der Waals surface area contributed by atoms with Gasteiger partial charge in [0.25, 0.3) is 0 Å². The van der Waals surface area contributed by atoms with Crippen molar-refractivity contribution in [3.63, 3.8) is 0 Å². The molecule has 0 radical (unpaired) electrons. The number of nitrogens with two attached hydrogens (primary N) is 1. The van der Waals surface area contributed by atoms with Crippen molar-refractivity contribution in [1.82, 2.24) is 0 Å². The molecule has 0 bridgehead atoms. The molecule has 1 aliphatic rings. The molecule has 1 rings (SSSR count). The molecule has 10 heavy (non-hydrogen) atoms. The number of rotatable bonds is 2. The van der Waals surface area contributed by atoms with Crippen LogP contribution in [0.25, 0.3) is 0 Å². The molecule has 1 fully saturated rings. The SMILES string of the molecule is C[NH2+]CC1COCCC1O. The lowest BCUT2D eigenvalue weighted by Gasteiger charge is -2.25. The first kappa shape index (κ1) is 7.98. The minimum Gasteiger partial charge on any atom is -0.392 e. The number of ether oxygens (including phenoxy) is 1. The summed E-state index contributed by atoms with van der Waals surface area (Å²) in [4.78, 5) is 0. The van der Waals surface area contributed by atoms with Crippen LogP contribution in [0.1, 0.15) is 6.42 Å². The van der Waals surface area contributed by atoms with Gasteiger partial charge in [0, 0.05) is 6.61 Å². The fraction of sp³-hybridized carbons (Fsp3) is 1.00. The maximum absolute atomic E-state index is 9.40. The summed E-state index contributed by atoms with van der Waals surface area (Å²) in [6, 6.07) is 0. The largest absolute Gasteiger partial charge is 0.392 e. The maximum atomic E-state index is 9.40. The van der Waals surface area contributed by atoms with Crippen LogP contribution in [0.3, 0.4) is 0 Å². The molecule has 0 amide bonds. The van der Waals surface area contributed by atoms with Crippen LogP contribution in [0.5, 0.6) is 0 Å². The molecule has 0 aromatic heterocycles. The first-order valence-electron chi connectivity index (χ1n) is 3.88. The molecule has 0 aliphatic carbocycles. The average molecular weight is 146 g/mol.